The molecule has 0 spiro atoms. The maximum atomic E-state index is 12.8. The van der Waals surface area contributed by atoms with Crippen molar-refractivity contribution >= 4 is 29.3 Å². The zero-order valence-corrected chi connectivity index (χ0v) is 13.3. The Balaban J connectivity index is 1.76. The molecule has 6 heteroatoms. The Labute approximate surface area is 138 Å². The minimum absolute atomic E-state index is 0.0996. The van der Waals surface area contributed by atoms with Gasteiger partial charge in [-0.05, 0) is 43.3 Å². The molecule has 0 fully saturated rings. The molecule has 0 aliphatic carbocycles. The Bertz CT molecular complexity index is 661. The van der Waals surface area contributed by atoms with E-state index in [0.717, 1.165) is 0 Å². The highest BCUT2D eigenvalue weighted by Crippen LogP contribution is 2.16. The van der Waals surface area contributed by atoms with Crippen molar-refractivity contribution in [1.29, 1.82) is 0 Å². The van der Waals surface area contributed by atoms with Crippen molar-refractivity contribution in [3.63, 3.8) is 0 Å². The topological polar surface area (TPSA) is 55.4 Å². The number of ether oxygens (including phenoxy) is 1. The molecular weight excluding hydrogens is 317 g/mol. The number of hydrogen-bond donors (Lipinski definition) is 1. The van der Waals surface area contributed by atoms with Crippen LogP contribution in [-0.2, 0) is 9.59 Å². The normalized spacial score (nSPS) is 11.6. The van der Waals surface area contributed by atoms with Crippen LogP contribution in [0.2, 0.25) is 0 Å². The minimum atomic E-state index is -0.478. The summed E-state index contributed by atoms with van der Waals surface area (Å²) >= 11 is 1.17. The smallest absolute Gasteiger partial charge is 0.324 e. The van der Waals surface area contributed by atoms with Crippen LogP contribution < -0.4 is 10.1 Å². The molecule has 0 aliphatic rings. The fourth-order valence-corrected chi connectivity index (χ4v) is 2.34. The third-order valence-corrected chi connectivity index (χ3v) is 4.01. The zero-order chi connectivity index (χ0) is 16.7. The van der Waals surface area contributed by atoms with Gasteiger partial charge in [0.05, 0.1) is 5.75 Å². The molecule has 120 valence electrons. The predicted molar refractivity (Wildman–Crippen MR) is 89.0 cm³/mol. The van der Waals surface area contributed by atoms with E-state index in [4.69, 9.17) is 4.74 Å². The highest BCUT2D eigenvalue weighted by molar-refractivity contribution is 8.01. The molecule has 1 atom stereocenters. The molecule has 0 saturated carbocycles. The fraction of sp³-hybridized carbons (Fsp3) is 0.176. The van der Waals surface area contributed by atoms with E-state index in [1.54, 1.807) is 31.2 Å². The Morgan fingerprint density at radius 2 is 1.78 bits per heavy atom. The van der Waals surface area contributed by atoms with Crippen molar-refractivity contribution in [2.75, 3.05) is 11.1 Å². The first-order valence-corrected chi connectivity index (χ1v) is 8.03. The first-order valence-electron chi connectivity index (χ1n) is 6.98. The predicted octanol–water partition coefficient (Wildman–Crippen LogP) is 3.49. The van der Waals surface area contributed by atoms with Crippen molar-refractivity contribution in [3.05, 3.63) is 60.4 Å². The molecule has 1 N–H and O–H groups in total. The summed E-state index contributed by atoms with van der Waals surface area (Å²) in [6, 6.07) is 14.2. The van der Waals surface area contributed by atoms with E-state index in [-0.39, 0.29) is 17.5 Å². The average molecular weight is 333 g/mol. The van der Waals surface area contributed by atoms with Gasteiger partial charge in [0.1, 0.15) is 16.8 Å². The lowest BCUT2D eigenvalue weighted by molar-refractivity contribution is -0.133. The number of thioether (sulfide) groups is 1. The molecule has 0 aromatic heterocycles. The van der Waals surface area contributed by atoms with Crippen LogP contribution in [0.3, 0.4) is 0 Å². The number of carbonyl (C=O) groups is 2. The van der Waals surface area contributed by atoms with Gasteiger partial charge in [0, 0.05) is 5.69 Å². The number of hydrogen-bond acceptors (Lipinski definition) is 4. The Kier molecular flexibility index (Phi) is 6.17. The average Bonchev–Trinajstić information content (AvgIpc) is 2.55. The van der Waals surface area contributed by atoms with Crippen LogP contribution in [0.5, 0.6) is 5.75 Å². The first-order chi connectivity index (χ1) is 11.0. The number of benzene rings is 2. The molecule has 2 aromatic rings. The Hall–Kier alpha value is -2.34. The van der Waals surface area contributed by atoms with Crippen LogP contribution >= 0.6 is 11.8 Å². The summed E-state index contributed by atoms with van der Waals surface area (Å²) in [5.74, 6) is -0.463. The maximum absolute atomic E-state index is 12.8. The van der Waals surface area contributed by atoms with Crippen LogP contribution in [0, 0.1) is 5.82 Å². The summed E-state index contributed by atoms with van der Waals surface area (Å²) in [7, 11) is 0. The monoisotopic (exact) mass is 333 g/mol. The number of nitrogens with one attached hydrogen (secondary N) is 1. The lowest BCUT2D eigenvalue weighted by Crippen LogP contribution is -2.23. The SMILES string of the molecule is C[C@H](SCC(=O)Nc1ccc(F)cc1)C(=O)Oc1ccccc1. The van der Waals surface area contributed by atoms with Gasteiger partial charge in [-0.15, -0.1) is 11.8 Å². The van der Waals surface area contributed by atoms with E-state index in [0.29, 0.717) is 11.4 Å². The van der Waals surface area contributed by atoms with Crippen molar-refractivity contribution < 1.29 is 18.7 Å². The Morgan fingerprint density at radius 1 is 1.13 bits per heavy atom. The van der Waals surface area contributed by atoms with E-state index in [9.17, 15) is 14.0 Å². The highest BCUT2D eigenvalue weighted by Gasteiger charge is 2.17. The number of para-hydroxylation sites is 1. The molecular formula is C17H16FNO3S. The van der Waals surface area contributed by atoms with Gasteiger partial charge in [-0.25, -0.2) is 4.39 Å². The van der Waals surface area contributed by atoms with Gasteiger partial charge in [0.25, 0.3) is 0 Å². The fourth-order valence-electron chi connectivity index (χ4n) is 1.69. The maximum Gasteiger partial charge on any atom is 0.324 e. The van der Waals surface area contributed by atoms with Gasteiger partial charge in [-0.3, -0.25) is 9.59 Å². The number of esters is 1. The molecule has 0 radical (unpaired) electrons. The van der Waals surface area contributed by atoms with Gasteiger partial charge in [0.15, 0.2) is 0 Å². The van der Waals surface area contributed by atoms with Gasteiger partial charge in [0.2, 0.25) is 5.91 Å². The standard InChI is InChI=1S/C17H16FNO3S/c1-12(17(21)22-15-5-3-2-4-6-15)23-11-16(20)19-14-9-7-13(18)8-10-14/h2-10,12H,11H2,1H3,(H,19,20)/t12-/m0/s1. The van der Waals surface area contributed by atoms with Gasteiger partial charge >= 0.3 is 5.97 Å². The first kappa shape index (κ1) is 17.0. The van der Waals surface area contributed by atoms with Crippen molar-refractivity contribution in [3.8, 4) is 5.75 Å². The molecule has 4 nitrogen and oxygen atoms in total. The van der Waals surface area contributed by atoms with E-state index >= 15 is 0 Å². The lowest BCUT2D eigenvalue weighted by Gasteiger charge is -2.11. The third kappa shape index (κ3) is 5.75. The van der Waals surface area contributed by atoms with Gasteiger partial charge in [-0.1, -0.05) is 18.2 Å². The molecule has 2 aromatic carbocycles. The quantitative estimate of drug-likeness (QED) is 0.649. The van der Waals surface area contributed by atoms with E-state index in [1.807, 2.05) is 6.07 Å². The summed E-state index contributed by atoms with van der Waals surface area (Å²) in [5.41, 5.74) is 0.511. The van der Waals surface area contributed by atoms with Crippen molar-refractivity contribution in [1.82, 2.24) is 0 Å². The van der Waals surface area contributed by atoms with Crippen LogP contribution in [0.4, 0.5) is 10.1 Å². The molecule has 0 aliphatic heterocycles. The van der Waals surface area contributed by atoms with Crippen molar-refractivity contribution in [2.24, 2.45) is 0 Å². The molecule has 0 unspecified atom stereocenters. The van der Waals surface area contributed by atoms with Crippen LogP contribution in [0.1, 0.15) is 6.92 Å². The number of carbonyl (C=O) groups excluding carboxylic acids is 2. The summed E-state index contributed by atoms with van der Waals surface area (Å²) in [5, 5.41) is 2.16. The molecule has 23 heavy (non-hydrogen) atoms. The van der Waals surface area contributed by atoms with Gasteiger partial charge in [-0.2, -0.15) is 0 Å². The van der Waals surface area contributed by atoms with E-state index in [1.165, 1.54) is 36.0 Å². The molecule has 1 amide bonds. The van der Waals surface area contributed by atoms with E-state index in [2.05, 4.69) is 5.32 Å². The summed E-state index contributed by atoms with van der Waals surface area (Å²) in [4.78, 5) is 23.7. The summed E-state index contributed by atoms with van der Waals surface area (Å²) in [6.45, 7) is 1.68. The second-order valence-electron chi connectivity index (χ2n) is 4.74. The molecule has 0 bridgehead atoms. The largest absolute Gasteiger partial charge is 0.426 e. The molecule has 0 heterocycles. The van der Waals surface area contributed by atoms with Crippen LogP contribution in [0.15, 0.2) is 54.6 Å². The van der Waals surface area contributed by atoms with E-state index < -0.39 is 11.2 Å². The summed E-state index contributed by atoms with van der Waals surface area (Å²) < 4.78 is 18.0. The minimum Gasteiger partial charge on any atom is -0.426 e. The van der Waals surface area contributed by atoms with Crippen molar-refractivity contribution in [2.45, 2.75) is 12.2 Å². The second kappa shape index (κ2) is 8.33. The second-order valence-corrected chi connectivity index (χ2v) is 6.07. The number of anilines is 1. The Morgan fingerprint density at radius 3 is 2.43 bits per heavy atom. The number of amides is 1. The summed E-state index contributed by atoms with van der Waals surface area (Å²) in [6.07, 6.45) is 0. The van der Waals surface area contributed by atoms with Crippen LogP contribution in [-0.4, -0.2) is 22.9 Å². The van der Waals surface area contributed by atoms with Gasteiger partial charge < -0.3 is 10.1 Å². The highest BCUT2D eigenvalue weighted by atomic mass is 32.2. The van der Waals surface area contributed by atoms with Crippen LogP contribution in [0.25, 0.3) is 0 Å². The molecule has 0 saturated heterocycles. The number of halogens is 1. The third-order valence-electron chi connectivity index (χ3n) is 2.89. The zero-order valence-electron chi connectivity index (χ0n) is 12.5. The number of rotatable bonds is 6. The lowest BCUT2D eigenvalue weighted by atomic mass is 10.3. The molecule has 2 rings (SSSR count).